The summed E-state index contributed by atoms with van der Waals surface area (Å²) in [5, 5.41) is 17.2. The Bertz CT molecular complexity index is 102. The van der Waals surface area contributed by atoms with Crippen LogP contribution in [0.3, 0.4) is 0 Å². The van der Waals surface area contributed by atoms with Crippen molar-refractivity contribution in [3.63, 3.8) is 0 Å². The summed E-state index contributed by atoms with van der Waals surface area (Å²) in [6.07, 6.45) is -2.34. The van der Waals surface area contributed by atoms with Crippen LogP contribution < -0.4 is 5.73 Å². The number of aliphatic hydroxyl groups excluding tert-OH is 2. The zero-order chi connectivity index (χ0) is 7.44. The van der Waals surface area contributed by atoms with Crippen LogP contribution in [0.4, 0.5) is 0 Å². The second kappa shape index (κ2) is 3.55. The van der Waals surface area contributed by atoms with Gasteiger partial charge in [0.2, 0.25) is 0 Å². The predicted octanol–water partition coefficient (Wildman–Crippen LogP) is -1.74. The molecule has 0 aromatic carbocycles. The minimum Gasteiger partial charge on any atom is -0.386 e. The second-order valence-electron chi connectivity index (χ2n) is 1.83. The van der Waals surface area contributed by atoms with E-state index in [1.165, 1.54) is 6.92 Å². The molecule has 0 fully saturated rings. The van der Waals surface area contributed by atoms with Crippen molar-refractivity contribution < 1.29 is 15.0 Å². The van der Waals surface area contributed by atoms with Crippen molar-refractivity contribution in [1.82, 2.24) is 0 Å². The number of rotatable bonds is 3. The molecule has 0 rings (SSSR count). The predicted molar refractivity (Wildman–Crippen MR) is 31.7 cm³/mol. The van der Waals surface area contributed by atoms with Crippen LogP contribution in [-0.2, 0) is 4.79 Å². The van der Waals surface area contributed by atoms with E-state index < -0.39 is 18.0 Å². The highest BCUT2D eigenvalue weighted by atomic mass is 16.3. The third-order valence-electron chi connectivity index (χ3n) is 0.963. The first kappa shape index (κ1) is 8.55. The molecule has 0 radical (unpaired) electrons. The summed E-state index contributed by atoms with van der Waals surface area (Å²) in [4.78, 5) is 10.5. The first-order chi connectivity index (χ1) is 4.09. The maximum atomic E-state index is 10.5. The smallest absolute Gasteiger partial charge is 0.190 e. The molecule has 4 nitrogen and oxygen atoms in total. The molecular weight excluding hydrogens is 122 g/mol. The molecule has 2 atom stereocenters. The van der Waals surface area contributed by atoms with Crippen molar-refractivity contribution in [3.8, 4) is 0 Å². The molecule has 54 valence electrons. The van der Waals surface area contributed by atoms with Crippen LogP contribution >= 0.6 is 0 Å². The molecule has 0 aliphatic rings. The Balaban J connectivity index is 3.73. The van der Waals surface area contributed by atoms with Gasteiger partial charge in [0, 0.05) is 6.54 Å². The summed E-state index contributed by atoms with van der Waals surface area (Å²) in [7, 11) is 0. The lowest BCUT2D eigenvalue weighted by atomic mass is 10.1. The summed E-state index contributed by atoms with van der Waals surface area (Å²) < 4.78 is 0. The monoisotopic (exact) mass is 133 g/mol. The first-order valence-corrected chi connectivity index (χ1v) is 2.69. The van der Waals surface area contributed by atoms with E-state index in [9.17, 15) is 4.79 Å². The zero-order valence-corrected chi connectivity index (χ0v) is 5.24. The van der Waals surface area contributed by atoms with Gasteiger partial charge in [-0.3, -0.25) is 4.79 Å². The summed E-state index contributed by atoms with van der Waals surface area (Å²) >= 11 is 0. The number of hydrogen-bond acceptors (Lipinski definition) is 4. The van der Waals surface area contributed by atoms with E-state index in [2.05, 4.69) is 0 Å². The fourth-order valence-electron chi connectivity index (χ4n) is 0.395. The highest BCUT2D eigenvalue weighted by Gasteiger charge is 2.17. The van der Waals surface area contributed by atoms with Gasteiger partial charge in [-0.1, -0.05) is 0 Å². The number of aliphatic hydroxyl groups is 2. The van der Waals surface area contributed by atoms with Gasteiger partial charge in [-0.05, 0) is 6.92 Å². The van der Waals surface area contributed by atoms with E-state index in [4.69, 9.17) is 15.9 Å². The summed E-state index contributed by atoms with van der Waals surface area (Å²) in [6.45, 7) is 1.16. The SMILES string of the molecule is C[C@H](O)C(=O)C(O)CN. The van der Waals surface area contributed by atoms with Crippen molar-refractivity contribution in [2.45, 2.75) is 19.1 Å². The van der Waals surface area contributed by atoms with E-state index in [1.54, 1.807) is 0 Å². The number of hydrogen-bond donors (Lipinski definition) is 3. The number of carbonyl (C=O) groups excluding carboxylic acids is 1. The quantitative estimate of drug-likeness (QED) is 0.426. The molecule has 0 saturated carbocycles. The Morgan fingerprint density at radius 3 is 2.22 bits per heavy atom. The normalized spacial score (nSPS) is 16.9. The molecule has 1 unspecified atom stereocenters. The largest absolute Gasteiger partial charge is 0.386 e. The van der Waals surface area contributed by atoms with Crippen LogP contribution in [-0.4, -0.2) is 34.7 Å². The molecular formula is C5H11NO3. The molecule has 0 spiro atoms. The molecule has 4 N–H and O–H groups in total. The second-order valence-corrected chi connectivity index (χ2v) is 1.83. The van der Waals surface area contributed by atoms with E-state index in [0.717, 1.165) is 0 Å². The van der Waals surface area contributed by atoms with Crippen LogP contribution in [0.25, 0.3) is 0 Å². The lowest BCUT2D eigenvalue weighted by Crippen LogP contribution is -2.35. The van der Waals surface area contributed by atoms with Gasteiger partial charge in [0.15, 0.2) is 5.78 Å². The summed E-state index contributed by atoms with van der Waals surface area (Å²) in [6, 6.07) is 0. The minimum absolute atomic E-state index is 0.135. The Morgan fingerprint density at radius 2 is 2.11 bits per heavy atom. The van der Waals surface area contributed by atoms with Gasteiger partial charge in [0.05, 0.1) is 0 Å². The number of ketones is 1. The van der Waals surface area contributed by atoms with Gasteiger partial charge in [-0.2, -0.15) is 0 Å². The standard InChI is InChI=1S/C5H11NO3/c1-3(7)5(9)4(8)2-6/h3-4,7-8H,2,6H2,1H3/t3-,4?/m0/s1. The maximum Gasteiger partial charge on any atom is 0.190 e. The number of nitrogens with two attached hydrogens (primary N) is 1. The van der Waals surface area contributed by atoms with E-state index in [-0.39, 0.29) is 6.54 Å². The van der Waals surface area contributed by atoms with Gasteiger partial charge in [-0.25, -0.2) is 0 Å². The van der Waals surface area contributed by atoms with E-state index >= 15 is 0 Å². The summed E-state index contributed by atoms with van der Waals surface area (Å²) in [5.41, 5.74) is 4.93. The molecule has 0 aliphatic heterocycles. The van der Waals surface area contributed by atoms with Crippen molar-refractivity contribution in [1.29, 1.82) is 0 Å². The molecule has 0 saturated heterocycles. The van der Waals surface area contributed by atoms with Gasteiger partial charge in [-0.15, -0.1) is 0 Å². The highest BCUT2D eigenvalue weighted by Crippen LogP contribution is 1.88. The highest BCUT2D eigenvalue weighted by molar-refractivity contribution is 5.86. The van der Waals surface area contributed by atoms with E-state index in [1.807, 2.05) is 0 Å². The fraction of sp³-hybridized carbons (Fsp3) is 0.800. The maximum absolute atomic E-state index is 10.5. The van der Waals surface area contributed by atoms with Gasteiger partial charge >= 0.3 is 0 Å². The molecule has 4 heteroatoms. The fourth-order valence-corrected chi connectivity index (χ4v) is 0.395. The lowest BCUT2D eigenvalue weighted by molar-refractivity contribution is -0.134. The molecule has 0 aliphatic carbocycles. The van der Waals surface area contributed by atoms with Crippen LogP contribution in [0.1, 0.15) is 6.92 Å². The molecule has 9 heavy (non-hydrogen) atoms. The molecule has 0 amide bonds. The minimum atomic E-state index is -1.22. The van der Waals surface area contributed by atoms with E-state index in [0.29, 0.717) is 0 Å². The van der Waals surface area contributed by atoms with Crippen molar-refractivity contribution in [3.05, 3.63) is 0 Å². The van der Waals surface area contributed by atoms with Crippen LogP contribution in [0.15, 0.2) is 0 Å². The van der Waals surface area contributed by atoms with Crippen molar-refractivity contribution >= 4 is 5.78 Å². The Kier molecular flexibility index (Phi) is 3.37. The Labute approximate surface area is 53.3 Å². The van der Waals surface area contributed by atoms with Crippen molar-refractivity contribution in [2.24, 2.45) is 5.73 Å². The van der Waals surface area contributed by atoms with Crippen LogP contribution in [0.5, 0.6) is 0 Å². The summed E-state index contributed by atoms with van der Waals surface area (Å²) in [5.74, 6) is -0.627. The molecule has 0 aromatic heterocycles. The number of carbonyl (C=O) groups is 1. The van der Waals surface area contributed by atoms with Crippen LogP contribution in [0, 0.1) is 0 Å². The Hall–Kier alpha value is -0.450. The average Bonchev–Trinajstić information content (AvgIpc) is 1.84. The van der Waals surface area contributed by atoms with Crippen molar-refractivity contribution in [2.75, 3.05) is 6.54 Å². The van der Waals surface area contributed by atoms with Gasteiger partial charge < -0.3 is 15.9 Å². The lowest BCUT2D eigenvalue weighted by Gasteiger charge is -2.07. The molecule has 0 bridgehead atoms. The molecule has 0 heterocycles. The average molecular weight is 133 g/mol. The third-order valence-corrected chi connectivity index (χ3v) is 0.963. The van der Waals surface area contributed by atoms with Crippen LogP contribution in [0.2, 0.25) is 0 Å². The number of Topliss-reactive ketones (excluding diaryl/α,β-unsaturated/α-hetero) is 1. The first-order valence-electron chi connectivity index (χ1n) is 2.69. The molecule has 0 aromatic rings. The topological polar surface area (TPSA) is 83.5 Å². The Morgan fingerprint density at radius 1 is 1.67 bits per heavy atom. The zero-order valence-electron chi connectivity index (χ0n) is 5.24. The third kappa shape index (κ3) is 2.55. The van der Waals surface area contributed by atoms with Gasteiger partial charge in [0.25, 0.3) is 0 Å². The van der Waals surface area contributed by atoms with Gasteiger partial charge in [0.1, 0.15) is 12.2 Å².